The highest BCUT2D eigenvalue weighted by Gasteiger charge is 2.03. The van der Waals surface area contributed by atoms with Crippen LogP contribution in [-0.4, -0.2) is 18.3 Å². The number of hydrogen-bond acceptors (Lipinski definition) is 2. The molecule has 1 atom stereocenters. The number of hydrogen-bond donors (Lipinski definition) is 2. The van der Waals surface area contributed by atoms with Crippen LogP contribution in [0.1, 0.15) is 12.5 Å². The quantitative estimate of drug-likeness (QED) is 0.814. The average Bonchev–Trinajstić information content (AvgIpc) is 2.21. The highest BCUT2D eigenvalue weighted by atomic mass is 35.5. The van der Waals surface area contributed by atoms with Crippen molar-refractivity contribution in [1.29, 1.82) is 0 Å². The Morgan fingerprint density at radius 3 is 2.87 bits per heavy atom. The van der Waals surface area contributed by atoms with E-state index in [-0.39, 0.29) is 18.3 Å². The number of nitrogens with one attached hydrogen (secondary N) is 1. The predicted octanol–water partition coefficient (Wildman–Crippen LogP) is 2.20. The third-order valence-corrected chi connectivity index (χ3v) is 2.37. The van der Waals surface area contributed by atoms with Gasteiger partial charge in [0.2, 0.25) is 0 Å². The molecule has 1 rings (SSSR count). The minimum Gasteiger partial charge on any atom is -0.396 e. The number of rotatable bonds is 5. The first-order valence-corrected chi connectivity index (χ1v) is 5.26. The molecule has 0 radical (unpaired) electrons. The van der Waals surface area contributed by atoms with Crippen molar-refractivity contribution in [1.82, 2.24) is 5.32 Å². The Hall–Kier alpha value is -0.640. The maximum Gasteiger partial charge on any atom is 0.129 e. The molecule has 2 nitrogen and oxygen atoms in total. The van der Waals surface area contributed by atoms with Gasteiger partial charge >= 0.3 is 0 Å². The van der Waals surface area contributed by atoms with Gasteiger partial charge in [-0.1, -0.05) is 24.6 Å². The zero-order valence-electron chi connectivity index (χ0n) is 8.63. The molecule has 1 aromatic rings. The van der Waals surface area contributed by atoms with Crippen LogP contribution in [-0.2, 0) is 6.54 Å². The number of halogens is 2. The van der Waals surface area contributed by atoms with Crippen molar-refractivity contribution in [3.8, 4) is 0 Å². The normalized spacial score (nSPS) is 12.8. The van der Waals surface area contributed by atoms with Crippen LogP contribution in [0, 0.1) is 11.7 Å². The molecule has 0 amide bonds. The van der Waals surface area contributed by atoms with E-state index in [1.807, 2.05) is 6.92 Å². The summed E-state index contributed by atoms with van der Waals surface area (Å²) >= 11 is 5.63. The standard InChI is InChI=1S/C11H15ClFNO/c1-8(7-15)5-14-6-9-2-3-10(12)4-11(9)13/h2-4,8,14-15H,5-7H2,1H3. The Morgan fingerprint density at radius 1 is 1.53 bits per heavy atom. The Labute approximate surface area is 94.1 Å². The summed E-state index contributed by atoms with van der Waals surface area (Å²) in [5.41, 5.74) is 0.588. The molecule has 0 saturated heterocycles. The van der Waals surface area contributed by atoms with E-state index in [2.05, 4.69) is 5.32 Å². The van der Waals surface area contributed by atoms with E-state index in [1.165, 1.54) is 6.07 Å². The van der Waals surface area contributed by atoms with Crippen molar-refractivity contribution in [3.05, 3.63) is 34.6 Å². The van der Waals surface area contributed by atoms with Gasteiger partial charge in [0.05, 0.1) is 0 Å². The number of benzene rings is 1. The van der Waals surface area contributed by atoms with Gasteiger partial charge in [-0.3, -0.25) is 0 Å². The van der Waals surface area contributed by atoms with Gasteiger partial charge < -0.3 is 10.4 Å². The summed E-state index contributed by atoms with van der Waals surface area (Å²) < 4.78 is 13.3. The molecule has 0 bridgehead atoms. The van der Waals surface area contributed by atoms with E-state index in [0.29, 0.717) is 23.7 Å². The Kier molecular flexibility index (Phi) is 5.02. The zero-order valence-corrected chi connectivity index (χ0v) is 9.39. The molecule has 0 aromatic heterocycles. The van der Waals surface area contributed by atoms with Gasteiger partial charge in [-0.15, -0.1) is 0 Å². The first kappa shape index (κ1) is 12.4. The molecule has 0 spiro atoms. The summed E-state index contributed by atoms with van der Waals surface area (Å²) in [7, 11) is 0. The van der Waals surface area contributed by atoms with Gasteiger partial charge in [0, 0.05) is 30.3 Å². The molecule has 84 valence electrons. The summed E-state index contributed by atoms with van der Waals surface area (Å²) in [6.45, 7) is 3.17. The van der Waals surface area contributed by atoms with E-state index < -0.39 is 0 Å². The second-order valence-corrected chi connectivity index (χ2v) is 4.09. The molecule has 0 heterocycles. The fourth-order valence-corrected chi connectivity index (χ4v) is 1.34. The minimum atomic E-state index is -0.299. The maximum atomic E-state index is 13.3. The van der Waals surface area contributed by atoms with Crippen molar-refractivity contribution >= 4 is 11.6 Å². The van der Waals surface area contributed by atoms with Crippen LogP contribution in [0.5, 0.6) is 0 Å². The monoisotopic (exact) mass is 231 g/mol. The zero-order chi connectivity index (χ0) is 11.3. The number of aliphatic hydroxyl groups is 1. The third kappa shape index (κ3) is 4.16. The summed E-state index contributed by atoms with van der Waals surface area (Å²) in [5, 5.41) is 12.3. The Bertz CT molecular complexity index is 319. The molecule has 4 heteroatoms. The van der Waals surface area contributed by atoms with Crippen LogP contribution in [0.3, 0.4) is 0 Å². The van der Waals surface area contributed by atoms with Gasteiger partial charge in [0.1, 0.15) is 5.82 Å². The lowest BCUT2D eigenvalue weighted by atomic mass is 10.2. The highest BCUT2D eigenvalue weighted by molar-refractivity contribution is 6.30. The molecular weight excluding hydrogens is 217 g/mol. The van der Waals surface area contributed by atoms with E-state index in [1.54, 1.807) is 12.1 Å². The summed E-state index contributed by atoms with van der Waals surface area (Å²) in [4.78, 5) is 0. The van der Waals surface area contributed by atoms with Crippen LogP contribution in [0.4, 0.5) is 4.39 Å². The first-order chi connectivity index (χ1) is 7.13. The van der Waals surface area contributed by atoms with Crippen molar-refractivity contribution in [2.45, 2.75) is 13.5 Å². The SMILES string of the molecule is CC(CO)CNCc1ccc(Cl)cc1F. The van der Waals surface area contributed by atoms with Crippen molar-refractivity contribution in [2.75, 3.05) is 13.2 Å². The van der Waals surface area contributed by atoms with E-state index in [4.69, 9.17) is 16.7 Å². The Morgan fingerprint density at radius 2 is 2.27 bits per heavy atom. The summed E-state index contributed by atoms with van der Waals surface area (Å²) in [5.74, 6) is -0.119. The fourth-order valence-electron chi connectivity index (χ4n) is 1.18. The fraction of sp³-hybridized carbons (Fsp3) is 0.455. The largest absolute Gasteiger partial charge is 0.396 e. The van der Waals surface area contributed by atoms with Crippen LogP contribution in [0.15, 0.2) is 18.2 Å². The summed E-state index contributed by atoms with van der Waals surface area (Å²) in [6, 6.07) is 4.62. The van der Waals surface area contributed by atoms with Gasteiger partial charge in [-0.05, 0) is 18.1 Å². The van der Waals surface area contributed by atoms with E-state index in [0.717, 1.165) is 0 Å². The molecule has 0 saturated carbocycles. The molecular formula is C11H15ClFNO. The Balaban J connectivity index is 2.44. The molecule has 0 aliphatic carbocycles. The second-order valence-electron chi connectivity index (χ2n) is 3.65. The molecule has 0 fully saturated rings. The van der Waals surface area contributed by atoms with Crippen LogP contribution in [0.2, 0.25) is 5.02 Å². The molecule has 0 aliphatic rings. The molecule has 1 unspecified atom stereocenters. The van der Waals surface area contributed by atoms with E-state index >= 15 is 0 Å². The third-order valence-electron chi connectivity index (χ3n) is 2.14. The number of aliphatic hydroxyl groups excluding tert-OH is 1. The highest BCUT2D eigenvalue weighted by Crippen LogP contribution is 2.14. The van der Waals surface area contributed by atoms with Crippen LogP contribution in [0.25, 0.3) is 0 Å². The van der Waals surface area contributed by atoms with Crippen LogP contribution < -0.4 is 5.32 Å². The lowest BCUT2D eigenvalue weighted by Gasteiger charge is -2.10. The van der Waals surface area contributed by atoms with Crippen molar-refractivity contribution in [3.63, 3.8) is 0 Å². The van der Waals surface area contributed by atoms with Crippen LogP contribution >= 0.6 is 11.6 Å². The molecule has 0 aliphatic heterocycles. The topological polar surface area (TPSA) is 32.3 Å². The van der Waals surface area contributed by atoms with E-state index in [9.17, 15) is 4.39 Å². The van der Waals surface area contributed by atoms with Crippen molar-refractivity contribution < 1.29 is 9.50 Å². The summed E-state index contributed by atoms with van der Waals surface area (Å²) in [6.07, 6.45) is 0. The minimum absolute atomic E-state index is 0.135. The smallest absolute Gasteiger partial charge is 0.129 e. The lowest BCUT2D eigenvalue weighted by molar-refractivity contribution is 0.233. The van der Waals surface area contributed by atoms with Gasteiger partial charge in [0.25, 0.3) is 0 Å². The van der Waals surface area contributed by atoms with Gasteiger partial charge in [-0.25, -0.2) is 4.39 Å². The molecule has 1 aromatic carbocycles. The first-order valence-electron chi connectivity index (χ1n) is 4.89. The van der Waals surface area contributed by atoms with Gasteiger partial charge in [-0.2, -0.15) is 0 Å². The lowest BCUT2D eigenvalue weighted by Crippen LogP contribution is -2.23. The maximum absolute atomic E-state index is 13.3. The predicted molar refractivity (Wildman–Crippen MR) is 59.4 cm³/mol. The van der Waals surface area contributed by atoms with Gasteiger partial charge in [0.15, 0.2) is 0 Å². The molecule has 2 N–H and O–H groups in total. The van der Waals surface area contributed by atoms with Crippen molar-refractivity contribution in [2.24, 2.45) is 5.92 Å². The second kappa shape index (κ2) is 6.05. The average molecular weight is 232 g/mol. The molecule has 15 heavy (non-hydrogen) atoms.